The highest BCUT2D eigenvalue weighted by Gasteiger charge is 2.24. The number of sulfonamides is 1. The highest BCUT2D eigenvalue weighted by molar-refractivity contribution is 7.89. The molecule has 0 saturated carbocycles. The van der Waals surface area contributed by atoms with Gasteiger partial charge in [-0.25, -0.2) is 13.1 Å². The molecule has 16 heavy (non-hydrogen) atoms. The van der Waals surface area contributed by atoms with Crippen LogP contribution in [0.15, 0.2) is 30.3 Å². The molecule has 0 saturated heterocycles. The average molecular weight is 270 g/mol. The van der Waals surface area contributed by atoms with Gasteiger partial charge in [0.1, 0.15) is 0 Å². The van der Waals surface area contributed by atoms with E-state index in [9.17, 15) is 17.2 Å². The molecule has 1 atom stereocenters. The third kappa shape index (κ3) is 3.70. The van der Waals surface area contributed by atoms with Crippen molar-refractivity contribution in [3.8, 4) is 0 Å². The van der Waals surface area contributed by atoms with Crippen LogP contribution in [-0.2, 0) is 10.0 Å². The Morgan fingerprint density at radius 1 is 1.25 bits per heavy atom. The summed E-state index contributed by atoms with van der Waals surface area (Å²) in [7, 11) is -4.57. The summed E-state index contributed by atoms with van der Waals surface area (Å²) in [6, 6.07) is 8.61. The zero-order valence-electron chi connectivity index (χ0n) is 8.11. The zero-order valence-corrected chi connectivity index (χ0v) is 9.68. The third-order valence-corrected chi connectivity index (χ3v) is 3.30. The van der Waals surface area contributed by atoms with Crippen molar-refractivity contribution in [1.82, 2.24) is 4.72 Å². The minimum atomic E-state index is -4.57. The molecule has 0 aliphatic carbocycles. The molecule has 0 aliphatic rings. The summed E-state index contributed by atoms with van der Waals surface area (Å²) in [6.07, 6.45) is 0. The molecular formula is C9H10ClF2NO2S. The number of benzene rings is 1. The van der Waals surface area contributed by atoms with Gasteiger partial charge in [-0.15, -0.1) is 11.6 Å². The van der Waals surface area contributed by atoms with Gasteiger partial charge >= 0.3 is 5.76 Å². The van der Waals surface area contributed by atoms with Crippen LogP contribution >= 0.6 is 11.6 Å². The monoisotopic (exact) mass is 269 g/mol. The van der Waals surface area contributed by atoms with Crippen molar-refractivity contribution in [2.45, 2.75) is 11.1 Å². The molecule has 0 aliphatic heterocycles. The lowest BCUT2D eigenvalue weighted by Gasteiger charge is -2.10. The summed E-state index contributed by atoms with van der Waals surface area (Å²) in [6.45, 7) is -0.266. The molecule has 0 fully saturated rings. The van der Waals surface area contributed by atoms with Gasteiger partial charge in [0.25, 0.3) is 10.0 Å². The Morgan fingerprint density at radius 3 is 2.31 bits per heavy atom. The normalized spacial score (nSPS) is 14.0. The Labute approximate surface area is 97.5 Å². The zero-order chi connectivity index (χ0) is 12.2. The van der Waals surface area contributed by atoms with Gasteiger partial charge in [0, 0.05) is 6.54 Å². The number of hydrogen-bond donors (Lipinski definition) is 1. The van der Waals surface area contributed by atoms with Gasteiger partial charge in [0.05, 0.1) is 5.38 Å². The van der Waals surface area contributed by atoms with Crippen molar-refractivity contribution in [1.29, 1.82) is 0 Å². The largest absolute Gasteiger partial charge is 0.350 e. The fourth-order valence-corrected chi connectivity index (χ4v) is 1.87. The molecule has 90 valence electrons. The molecule has 0 bridgehead atoms. The van der Waals surface area contributed by atoms with Crippen LogP contribution in [0, 0.1) is 0 Å². The quantitative estimate of drug-likeness (QED) is 0.832. The van der Waals surface area contributed by atoms with Crippen molar-refractivity contribution in [2.75, 3.05) is 6.54 Å². The van der Waals surface area contributed by atoms with Gasteiger partial charge in [-0.2, -0.15) is 8.78 Å². The van der Waals surface area contributed by atoms with E-state index in [0.29, 0.717) is 5.56 Å². The van der Waals surface area contributed by atoms with Crippen molar-refractivity contribution >= 4 is 21.6 Å². The summed E-state index contributed by atoms with van der Waals surface area (Å²) in [5.41, 5.74) is 0.668. The molecule has 1 unspecified atom stereocenters. The van der Waals surface area contributed by atoms with E-state index in [1.165, 1.54) is 0 Å². The van der Waals surface area contributed by atoms with E-state index in [4.69, 9.17) is 11.6 Å². The molecule has 0 spiro atoms. The van der Waals surface area contributed by atoms with E-state index in [2.05, 4.69) is 0 Å². The molecular weight excluding hydrogens is 260 g/mol. The predicted molar refractivity (Wildman–Crippen MR) is 58.0 cm³/mol. The second-order valence-electron chi connectivity index (χ2n) is 3.03. The number of alkyl halides is 3. The number of halogens is 3. The van der Waals surface area contributed by atoms with Crippen LogP contribution in [0.2, 0.25) is 0 Å². The fraction of sp³-hybridized carbons (Fsp3) is 0.333. The molecule has 0 aromatic heterocycles. The van der Waals surface area contributed by atoms with Crippen LogP contribution in [0.4, 0.5) is 8.78 Å². The SMILES string of the molecule is O=S(=O)(NCC(Cl)c1ccccc1)C(F)F. The predicted octanol–water partition coefficient (Wildman–Crippen LogP) is 2.11. The van der Waals surface area contributed by atoms with Crippen LogP contribution in [0.25, 0.3) is 0 Å². The smallest absolute Gasteiger partial charge is 0.208 e. The minimum Gasteiger partial charge on any atom is -0.208 e. The van der Waals surface area contributed by atoms with Gasteiger partial charge in [0.15, 0.2) is 0 Å². The second kappa shape index (κ2) is 5.56. The number of hydrogen-bond acceptors (Lipinski definition) is 2. The fourth-order valence-electron chi connectivity index (χ4n) is 1.03. The Morgan fingerprint density at radius 2 is 1.81 bits per heavy atom. The van der Waals surface area contributed by atoms with Crippen LogP contribution in [0.3, 0.4) is 0 Å². The van der Waals surface area contributed by atoms with Crippen LogP contribution in [-0.4, -0.2) is 20.7 Å². The topological polar surface area (TPSA) is 46.2 Å². The van der Waals surface area contributed by atoms with E-state index in [1.54, 1.807) is 35.1 Å². The highest BCUT2D eigenvalue weighted by atomic mass is 35.5. The van der Waals surface area contributed by atoms with E-state index in [-0.39, 0.29) is 6.54 Å². The maximum absolute atomic E-state index is 12.0. The first-order valence-corrected chi connectivity index (χ1v) is 6.37. The first-order valence-electron chi connectivity index (χ1n) is 4.39. The van der Waals surface area contributed by atoms with Crippen molar-refractivity contribution in [2.24, 2.45) is 0 Å². The second-order valence-corrected chi connectivity index (χ2v) is 5.29. The lowest BCUT2D eigenvalue weighted by molar-refractivity contribution is 0.232. The van der Waals surface area contributed by atoms with E-state index in [1.807, 2.05) is 0 Å². The lowest BCUT2D eigenvalue weighted by Crippen LogP contribution is -2.31. The first-order chi connectivity index (χ1) is 7.43. The third-order valence-electron chi connectivity index (χ3n) is 1.86. The molecule has 1 aromatic rings. The van der Waals surface area contributed by atoms with Gasteiger partial charge in [-0.3, -0.25) is 0 Å². The first kappa shape index (κ1) is 13.3. The Balaban J connectivity index is 2.58. The summed E-state index contributed by atoms with van der Waals surface area (Å²) in [5.74, 6) is -3.44. The van der Waals surface area contributed by atoms with Gasteiger partial charge < -0.3 is 0 Å². The molecule has 0 amide bonds. The maximum Gasteiger partial charge on any atom is 0.350 e. The molecule has 1 rings (SSSR count). The van der Waals surface area contributed by atoms with Gasteiger partial charge in [-0.1, -0.05) is 30.3 Å². The average Bonchev–Trinajstić information content (AvgIpc) is 2.27. The van der Waals surface area contributed by atoms with Gasteiger partial charge in [0.2, 0.25) is 0 Å². The molecule has 1 aromatic carbocycles. The summed E-state index contributed by atoms with van der Waals surface area (Å²) in [5, 5.41) is -0.672. The Kier molecular flexibility index (Phi) is 4.64. The number of nitrogens with one attached hydrogen (secondary N) is 1. The Bertz CT molecular complexity index is 424. The highest BCUT2D eigenvalue weighted by Crippen LogP contribution is 2.19. The summed E-state index contributed by atoms with van der Waals surface area (Å²) in [4.78, 5) is 0. The standard InChI is InChI=1S/C9H10ClF2NO2S/c10-8(7-4-2-1-3-5-7)6-13-16(14,15)9(11)12/h1-5,8-9,13H,6H2. The molecule has 0 heterocycles. The van der Waals surface area contributed by atoms with E-state index in [0.717, 1.165) is 0 Å². The summed E-state index contributed by atoms with van der Waals surface area (Å²) < 4.78 is 47.2. The molecule has 7 heteroatoms. The maximum atomic E-state index is 12.0. The molecule has 1 N–H and O–H groups in total. The van der Waals surface area contributed by atoms with Gasteiger partial charge in [-0.05, 0) is 5.56 Å². The van der Waals surface area contributed by atoms with E-state index < -0.39 is 21.2 Å². The molecule has 0 radical (unpaired) electrons. The van der Waals surface area contributed by atoms with Crippen molar-refractivity contribution in [3.63, 3.8) is 0 Å². The summed E-state index contributed by atoms with van der Waals surface area (Å²) >= 11 is 5.85. The number of rotatable bonds is 5. The van der Waals surface area contributed by atoms with Crippen LogP contribution < -0.4 is 4.72 Å². The van der Waals surface area contributed by atoms with Crippen molar-refractivity contribution in [3.05, 3.63) is 35.9 Å². The lowest BCUT2D eigenvalue weighted by atomic mass is 10.1. The van der Waals surface area contributed by atoms with E-state index >= 15 is 0 Å². The van der Waals surface area contributed by atoms with Crippen molar-refractivity contribution < 1.29 is 17.2 Å². The van der Waals surface area contributed by atoms with Crippen LogP contribution in [0.5, 0.6) is 0 Å². The minimum absolute atomic E-state index is 0.266. The Hall–Kier alpha value is -0.720. The van der Waals surface area contributed by atoms with Crippen LogP contribution in [0.1, 0.15) is 10.9 Å². The molecule has 3 nitrogen and oxygen atoms in total.